The minimum Gasteiger partial charge on any atom is -0.393 e. The number of hydrogen-bond donors (Lipinski definition) is 2. The van der Waals surface area contributed by atoms with Crippen molar-refractivity contribution in [3.05, 3.63) is 22.9 Å². The molecule has 1 aliphatic rings. The van der Waals surface area contributed by atoms with Crippen LogP contribution in [-0.4, -0.2) is 22.2 Å². The molecule has 1 aromatic rings. The molecule has 0 spiro atoms. The van der Waals surface area contributed by atoms with Crippen molar-refractivity contribution in [1.29, 1.82) is 0 Å². The van der Waals surface area contributed by atoms with Crippen LogP contribution < -0.4 is 5.32 Å². The van der Waals surface area contributed by atoms with Gasteiger partial charge in [-0.2, -0.15) is 0 Å². The number of hydrogen-bond acceptors (Lipinski definition) is 3. The number of pyridine rings is 1. The van der Waals surface area contributed by atoms with Crippen LogP contribution in [0.3, 0.4) is 0 Å². The highest BCUT2D eigenvalue weighted by molar-refractivity contribution is 9.10. The standard InChI is InChI=1S/C10H13BrN2O/c11-7-3-9(6-12-5-7)13-8-1-2-10(14)4-8/h3,5-6,8,10,13-14H,1-2,4H2/t8-,10+/m0/s1. The van der Waals surface area contributed by atoms with Crippen LogP contribution in [0, 0.1) is 0 Å². The first kappa shape index (κ1) is 9.93. The molecule has 1 aliphatic carbocycles. The summed E-state index contributed by atoms with van der Waals surface area (Å²) in [6.07, 6.45) is 6.20. The fourth-order valence-electron chi connectivity index (χ4n) is 1.82. The smallest absolute Gasteiger partial charge is 0.0560 e. The average Bonchev–Trinajstić information content (AvgIpc) is 2.51. The monoisotopic (exact) mass is 256 g/mol. The second-order valence-electron chi connectivity index (χ2n) is 3.70. The molecule has 0 amide bonds. The first-order valence-corrected chi connectivity index (χ1v) is 5.58. The van der Waals surface area contributed by atoms with Gasteiger partial charge in [-0.1, -0.05) is 0 Å². The molecule has 0 bridgehead atoms. The summed E-state index contributed by atoms with van der Waals surface area (Å²) in [7, 11) is 0. The maximum absolute atomic E-state index is 9.37. The quantitative estimate of drug-likeness (QED) is 0.853. The van der Waals surface area contributed by atoms with E-state index in [1.54, 1.807) is 12.4 Å². The summed E-state index contributed by atoms with van der Waals surface area (Å²) in [5.74, 6) is 0. The van der Waals surface area contributed by atoms with Gasteiger partial charge in [-0.15, -0.1) is 0 Å². The van der Waals surface area contributed by atoms with Crippen LogP contribution in [0.2, 0.25) is 0 Å². The number of rotatable bonds is 2. The lowest BCUT2D eigenvalue weighted by atomic mass is 10.2. The zero-order valence-electron chi connectivity index (χ0n) is 7.78. The van der Waals surface area contributed by atoms with Gasteiger partial charge in [-0.05, 0) is 41.3 Å². The maximum Gasteiger partial charge on any atom is 0.0560 e. The van der Waals surface area contributed by atoms with Crippen LogP contribution in [0.15, 0.2) is 22.9 Å². The molecule has 2 N–H and O–H groups in total. The zero-order valence-corrected chi connectivity index (χ0v) is 9.37. The second-order valence-corrected chi connectivity index (χ2v) is 4.62. The van der Waals surface area contributed by atoms with Crippen LogP contribution in [0.1, 0.15) is 19.3 Å². The molecule has 2 atom stereocenters. The van der Waals surface area contributed by atoms with E-state index in [4.69, 9.17) is 0 Å². The Morgan fingerprint density at radius 2 is 2.29 bits per heavy atom. The molecule has 2 rings (SSSR count). The lowest BCUT2D eigenvalue weighted by Gasteiger charge is -2.13. The second kappa shape index (κ2) is 4.28. The van der Waals surface area contributed by atoms with Crippen LogP contribution in [0.25, 0.3) is 0 Å². The Labute approximate surface area is 91.7 Å². The zero-order chi connectivity index (χ0) is 9.97. The molecule has 14 heavy (non-hydrogen) atoms. The number of nitrogens with one attached hydrogen (secondary N) is 1. The summed E-state index contributed by atoms with van der Waals surface area (Å²) < 4.78 is 0.973. The van der Waals surface area contributed by atoms with Gasteiger partial charge >= 0.3 is 0 Å². The molecule has 1 fully saturated rings. The summed E-state index contributed by atoms with van der Waals surface area (Å²) in [6, 6.07) is 2.39. The molecular formula is C10H13BrN2O. The Morgan fingerprint density at radius 3 is 2.93 bits per heavy atom. The van der Waals surface area contributed by atoms with Gasteiger partial charge < -0.3 is 10.4 Å². The normalized spacial score (nSPS) is 26.4. The molecule has 3 nitrogen and oxygen atoms in total. The minimum atomic E-state index is -0.132. The molecule has 0 aromatic carbocycles. The fraction of sp³-hybridized carbons (Fsp3) is 0.500. The molecule has 0 radical (unpaired) electrons. The molecule has 1 heterocycles. The van der Waals surface area contributed by atoms with E-state index < -0.39 is 0 Å². The Bertz CT molecular complexity index is 319. The van der Waals surface area contributed by atoms with Crippen molar-refractivity contribution in [3.63, 3.8) is 0 Å². The number of aliphatic hydroxyl groups excluding tert-OH is 1. The maximum atomic E-state index is 9.37. The molecule has 0 aliphatic heterocycles. The van der Waals surface area contributed by atoms with Gasteiger partial charge in [0.2, 0.25) is 0 Å². The fourth-order valence-corrected chi connectivity index (χ4v) is 2.18. The van der Waals surface area contributed by atoms with E-state index in [1.165, 1.54) is 0 Å². The molecule has 1 aromatic heterocycles. The molecule has 4 heteroatoms. The molecule has 76 valence electrons. The number of aromatic nitrogens is 1. The van der Waals surface area contributed by atoms with Crippen LogP contribution in [0.5, 0.6) is 0 Å². The van der Waals surface area contributed by atoms with Gasteiger partial charge in [-0.3, -0.25) is 4.98 Å². The van der Waals surface area contributed by atoms with Crippen LogP contribution >= 0.6 is 15.9 Å². The van der Waals surface area contributed by atoms with Crippen molar-refractivity contribution in [1.82, 2.24) is 4.98 Å². The number of aliphatic hydroxyl groups is 1. The lowest BCUT2D eigenvalue weighted by molar-refractivity contribution is 0.182. The van der Waals surface area contributed by atoms with Crippen LogP contribution in [-0.2, 0) is 0 Å². The Balaban J connectivity index is 1.97. The third-order valence-electron chi connectivity index (χ3n) is 2.48. The van der Waals surface area contributed by atoms with E-state index in [0.29, 0.717) is 6.04 Å². The summed E-state index contributed by atoms with van der Waals surface area (Å²) in [5, 5.41) is 12.7. The first-order valence-electron chi connectivity index (χ1n) is 4.79. The van der Waals surface area contributed by atoms with Gasteiger partial charge in [0.25, 0.3) is 0 Å². The minimum absolute atomic E-state index is 0.132. The van der Waals surface area contributed by atoms with E-state index in [1.807, 2.05) is 6.07 Å². The highest BCUT2D eigenvalue weighted by Crippen LogP contribution is 2.23. The number of halogens is 1. The highest BCUT2D eigenvalue weighted by Gasteiger charge is 2.22. The van der Waals surface area contributed by atoms with Gasteiger partial charge in [0.1, 0.15) is 0 Å². The van der Waals surface area contributed by atoms with Gasteiger partial charge in [0.15, 0.2) is 0 Å². The van der Waals surface area contributed by atoms with Gasteiger partial charge in [0, 0.05) is 16.7 Å². The van der Waals surface area contributed by atoms with E-state index in [9.17, 15) is 5.11 Å². The lowest BCUT2D eigenvalue weighted by Crippen LogP contribution is -2.16. The van der Waals surface area contributed by atoms with Crippen molar-refractivity contribution in [3.8, 4) is 0 Å². The average molecular weight is 257 g/mol. The van der Waals surface area contributed by atoms with Crippen molar-refractivity contribution in [2.24, 2.45) is 0 Å². The summed E-state index contributed by atoms with van der Waals surface area (Å²) in [5.41, 5.74) is 1.01. The molecular weight excluding hydrogens is 244 g/mol. The third-order valence-corrected chi connectivity index (χ3v) is 2.91. The molecule has 0 saturated heterocycles. The molecule has 1 saturated carbocycles. The highest BCUT2D eigenvalue weighted by atomic mass is 79.9. The Hall–Kier alpha value is -0.610. The van der Waals surface area contributed by atoms with Crippen molar-refractivity contribution >= 4 is 21.6 Å². The van der Waals surface area contributed by atoms with Gasteiger partial charge in [-0.25, -0.2) is 0 Å². The third kappa shape index (κ3) is 2.45. The van der Waals surface area contributed by atoms with Crippen LogP contribution in [0.4, 0.5) is 5.69 Å². The van der Waals surface area contributed by atoms with Crippen molar-refractivity contribution < 1.29 is 5.11 Å². The predicted octanol–water partition coefficient (Wildman–Crippen LogP) is 2.17. The van der Waals surface area contributed by atoms with Crippen molar-refractivity contribution in [2.75, 3.05) is 5.32 Å². The van der Waals surface area contributed by atoms with Crippen molar-refractivity contribution in [2.45, 2.75) is 31.4 Å². The van der Waals surface area contributed by atoms with Gasteiger partial charge in [0.05, 0.1) is 18.0 Å². The largest absolute Gasteiger partial charge is 0.393 e. The van der Waals surface area contributed by atoms with E-state index >= 15 is 0 Å². The van der Waals surface area contributed by atoms with E-state index in [0.717, 1.165) is 29.4 Å². The van der Waals surface area contributed by atoms with E-state index in [-0.39, 0.29) is 6.10 Å². The number of nitrogens with zero attached hydrogens (tertiary/aromatic N) is 1. The predicted molar refractivity (Wildman–Crippen MR) is 59.2 cm³/mol. The Morgan fingerprint density at radius 1 is 1.43 bits per heavy atom. The Kier molecular flexibility index (Phi) is 3.03. The number of anilines is 1. The summed E-state index contributed by atoms with van der Waals surface area (Å²) in [4.78, 5) is 4.07. The first-order chi connectivity index (χ1) is 6.74. The molecule has 0 unspecified atom stereocenters. The SMILES string of the molecule is O[C@@H]1CC[C@H](Nc2cncc(Br)c2)C1. The van der Waals surface area contributed by atoms with E-state index in [2.05, 4.69) is 26.2 Å². The topological polar surface area (TPSA) is 45.1 Å². The summed E-state index contributed by atoms with van der Waals surface area (Å²) >= 11 is 3.37. The summed E-state index contributed by atoms with van der Waals surface area (Å²) in [6.45, 7) is 0.